The third kappa shape index (κ3) is 4.33. The lowest BCUT2D eigenvalue weighted by Gasteiger charge is -2.15. The molecule has 0 saturated carbocycles. The van der Waals surface area contributed by atoms with Crippen molar-refractivity contribution in [2.75, 3.05) is 5.32 Å². The number of hydrogen-bond donors (Lipinski definition) is 1. The van der Waals surface area contributed by atoms with E-state index in [-0.39, 0.29) is 16.5 Å². The highest BCUT2D eigenvalue weighted by molar-refractivity contribution is 6.35. The van der Waals surface area contributed by atoms with Gasteiger partial charge in [0.05, 0.1) is 9.95 Å². The summed E-state index contributed by atoms with van der Waals surface area (Å²) in [7, 11) is 0. The lowest BCUT2D eigenvalue weighted by Crippen LogP contribution is -2.30. The summed E-state index contributed by atoms with van der Waals surface area (Å²) in [4.78, 5) is 26.2. The Labute approximate surface area is 147 Å². The van der Waals surface area contributed by atoms with Crippen molar-refractivity contribution in [3.05, 3.63) is 56.2 Å². The minimum atomic E-state index is -0.860. The summed E-state index contributed by atoms with van der Waals surface area (Å²) >= 11 is 11.8. The highest BCUT2D eigenvalue weighted by atomic mass is 35.5. The Kier molecular flexibility index (Phi) is 5.58. The number of carbonyl (C=O) groups excluding carboxylic acids is 1. The van der Waals surface area contributed by atoms with Gasteiger partial charge in [0.15, 0.2) is 6.10 Å². The average molecular weight is 370 g/mol. The van der Waals surface area contributed by atoms with Crippen LogP contribution in [0.2, 0.25) is 10.0 Å². The van der Waals surface area contributed by atoms with Crippen LogP contribution in [0.5, 0.6) is 5.75 Å². The molecule has 7 nitrogen and oxygen atoms in total. The number of carbonyl (C=O) groups is 1. The second-order valence-electron chi connectivity index (χ2n) is 4.94. The molecule has 1 atom stereocenters. The summed E-state index contributed by atoms with van der Waals surface area (Å²) in [5.74, 6) is 0.0408. The summed E-state index contributed by atoms with van der Waals surface area (Å²) < 4.78 is 5.49. The topological polar surface area (TPSA) is 94.4 Å². The average Bonchev–Trinajstić information content (AvgIpc) is 2.49. The maximum Gasteiger partial charge on any atom is 0.290 e. The molecule has 0 aliphatic heterocycles. The van der Waals surface area contributed by atoms with Gasteiger partial charge in [0.25, 0.3) is 11.6 Å². The van der Waals surface area contributed by atoms with Gasteiger partial charge in [-0.3, -0.25) is 14.9 Å². The third-order valence-electron chi connectivity index (χ3n) is 3.10. The first-order chi connectivity index (χ1) is 11.3. The van der Waals surface area contributed by atoms with E-state index >= 15 is 0 Å². The van der Waals surface area contributed by atoms with E-state index in [9.17, 15) is 14.9 Å². The van der Waals surface area contributed by atoms with E-state index in [1.165, 1.54) is 12.1 Å². The van der Waals surface area contributed by atoms with E-state index < -0.39 is 16.9 Å². The standard InChI is InChI=1S/C15H13Cl2N3O4/c1-8-5-14(18-7-12(8)20(22)23)19-15(21)9(2)24-13-4-3-10(16)6-11(13)17/h3-7,9H,1-2H3,(H,18,19,21). The molecule has 2 aromatic rings. The van der Waals surface area contributed by atoms with Gasteiger partial charge in [0, 0.05) is 10.6 Å². The van der Waals surface area contributed by atoms with E-state index in [0.717, 1.165) is 6.20 Å². The Balaban J connectivity index is 2.06. The number of aryl methyl sites for hydroxylation is 1. The summed E-state index contributed by atoms with van der Waals surface area (Å²) in [5, 5.41) is 14.0. The van der Waals surface area contributed by atoms with Crippen molar-refractivity contribution >= 4 is 40.6 Å². The van der Waals surface area contributed by atoms with Gasteiger partial charge in [0.1, 0.15) is 17.8 Å². The molecule has 1 heterocycles. The van der Waals surface area contributed by atoms with Crippen LogP contribution in [0, 0.1) is 17.0 Å². The number of halogens is 2. The summed E-state index contributed by atoms with van der Waals surface area (Å²) in [6.45, 7) is 3.10. The van der Waals surface area contributed by atoms with Gasteiger partial charge >= 0.3 is 0 Å². The van der Waals surface area contributed by atoms with Crippen LogP contribution < -0.4 is 10.1 Å². The molecule has 0 spiro atoms. The quantitative estimate of drug-likeness (QED) is 0.634. The number of nitrogens with one attached hydrogen (secondary N) is 1. The molecule has 0 aliphatic carbocycles. The fourth-order valence-electron chi connectivity index (χ4n) is 1.85. The minimum Gasteiger partial charge on any atom is -0.479 e. The molecule has 1 aromatic heterocycles. The third-order valence-corrected chi connectivity index (χ3v) is 3.63. The van der Waals surface area contributed by atoms with Gasteiger partial charge in [-0.15, -0.1) is 0 Å². The number of hydrogen-bond acceptors (Lipinski definition) is 5. The Bertz CT molecular complexity index is 798. The van der Waals surface area contributed by atoms with Crippen LogP contribution in [-0.4, -0.2) is 21.9 Å². The molecular formula is C15H13Cl2N3O4. The lowest BCUT2D eigenvalue weighted by molar-refractivity contribution is -0.385. The molecule has 0 fully saturated rings. The van der Waals surface area contributed by atoms with Gasteiger partial charge < -0.3 is 10.1 Å². The number of amides is 1. The van der Waals surface area contributed by atoms with Gasteiger partial charge in [-0.1, -0.05) is 23.2 Å². The normalized spacial score (nSPS) is 11.7. The largest absolute Gasteiger partial charge is 0.479 e. The lowest BCUT2D eigenvalue weighted by atomic mass is 10.2. The number of anilines is 1. The molecule has 2 rings (SSSR count). The molecule has 1 aromatic carbocycles. The van der Waals surface area contributed by atoms with Crippen LogP contribution in [0.15, 0.2) is 30.5 Å². The summed E-state index contributed by atoms with van der Waals surface area (Å²) in [6.07, 6.45) is 0.230. The molecule has 1 N–H and O–H groups in total. The summed E-state index contributed by atoms with van der Waals surface area (Å²) in [5.41, 5.74) is 0.268. The predicted molar refractivity (Wildman–Crippen MR) is 90.8 cm³/mol. The molecule has 24 heavy (non-hydrogen) atoms. The van der Waals surface area contributed by atoms with Crippen LogP contribution >= 0.6 is 23.2 Å². The van der Waals surface area contributed by atoms with Crippen LogP contribution in [0.25, 0.3) is 0 Å². The molecule has 0 aliphatic rings. The zero-order chi connectivity index (χ0) is 17.9. The molecular weight excluding hydrogens is 357 g/mol. The van der Waals surface area contributed by atoms with Crippen LogP contribution in [0.4, 0.5) is 11.5 Å². The van der Waals surface area contributed by atoms with Crippen LogP contribution in [0.3, 0.4) is 0 Å². The van der Waals surface area contributed by atoms with E-state index in [1.54, 1.807) is 26.0 Å². The fraction of sp³-hybridized carbons (Fsp3) is 0.200. The fourth-order valence-corrected chi connectivity index (χ4v) is 2.30. The highest BCUT2D eigenvalue weighted by Crippen LogP contribution is 2.28. The Morgan fingerprint density at radius 1 is 1.38 bits per heavy atom. The van der Waals surface area contributed by atoms with Crippen molar-refractivity contribution in [3.8, 4) is 5.75 Å². The number of aromatic nitrogens is 1. The van der Waals surface area contributed by atoms with Crippen molar-refractivity contribution in [2.45, 2.75) is 20.0 Å². The second-order valence-corrected chi connectivity index (χ2v) is 5.78. The van der Waals surface area contributed by atoms with Crippen molar-refractivity contribution in [3.63, 3.8) is 0 Å². The van der Waals surface area contributed by atoms with Crippen molar-refractivity contribution < 1.29 is 14.5 Å². The molecule has 1 unspecified atom stereocenters. The number of rotatable bonds is 5. The Hall–Kier alpha value is -2.38. The van der Waals surface area contributed by atoms with E-state index in [0.29, 0.717) is 16.3 Å². The monoisotopic (exact) mass is 369 g/mol. The maximum atomic E-state index is 12.1. The molecule has 0 bridgehead atoms. The van der Waals surface area contributed by atoms with Gasteiger partial charge in [-0.2, -0.15) is 0 Å². The zero-order valence-corrected chi connectivity index (χ0v) is 14.3. The molecule has 126 valence electrons. The van der Waals surface area contributed by atoms with Crippen molar-refractivity contribution in [1.29, 1.82) is 0 Å². The highest BCUT2D eigenvalue weighted by Gasteiger charge is 2.18. The van der Waals surface area contributed by atoms with Crippen molar-refractivity contribution in [1.82, 2.24) is 4.98 Å². The second kappa shape index (κ2) is 7.46. The first-order valence-electron chi connectivity index (χ1n) is 6.81. The van der Waals surface area contributed by atoms with E-state index in [4.69, 9.17) is 27.9 Å². The molecule has 0 radical (unpaired) electrons. The zero-order valence-electron chi connectivity index (χ0n) is 12.7. The summed E-state index contributed by atoms with van der Waals surface area (Å²) in [6, 6.07) is 6.07. The smallest absolute Gasteiger partial charge is 0.290 e. The molecule has 0 saturated heterocycles. The maximum absolute atomic E-state index is 12.1. The van der Waals surface area contributed by atoms with Gasteiger partial charge in [-0.05, 0) is 38.1 Å². The Morgan fingerprint density at radius 2 is 2.08 bits per heavy atom. The van der Waals surface area contributed by atoms with E-state index in [1.807, 2.05) is 0 Å². The number of pyridine rings is 1. The van der Waals surface area contributed by atoms with E-state index in [2.05, 4.69) is 10.3 Å². The number of benzene rings is 1. The number of ether oxygens (including phenoxy) is 1. The van der Waals surface area contributed by atoms with Gasteiger partial charge in [-0.25, -0.2) is 4.98 Å². The molecule has 9 heteroatoms. The molecule has 1 amide bonds. The Morgan fingerprint density at radius 3 is 2.67 bits per heavy atom. The van der Waals surface area contributed by atoms with Gasteiger partial charge in [0.2, 0.25) is 0 Å². The predicted octanol–water partition coefficient (Wildman–Crippen LogP) is 4.01. The number of nitro groups is 1. The first-order valence-corrected chi connectivity index (χ1v) is 7.57. The van der Waals surface area contributed by atoms with Crippen LogP contribution in [0.1, 0.15) is 12.5 Å². The van der Waals surface area contributed by atoms with Crippen molar-refractivity contribution in [2.24, 2.45) is 0 Å². The minimum absolute atomic E-state index is 0.120. The van der Waals surface area contributed by atoms with Crippen LogP contribution in [-0.2, 0) is 4.79 Å². The first kappa shape index (κ1) is 18.0. The number of nitrogens with zero attached hydrogens (tertiary/aromatic N) is 2. The SMILES string of the molecule is Cc1cc(NC(=O)C(C)Oc2ccc(Cl)cc2Cl)ncc1[N+](=O)[O-].